The fourth-order valence-electron chi connectivity index (χ4n) is 2.02. The number of hydrogen-bond acceptors (Lipinski definition) is 3. The zero-order valence-corrected chi connectivity index (χ0v) is 8.60. The number of nitrogens with two attached hydrogens (primary N) is 1. The topological polar surface area (TPSA) is 66.6 Å². The number of nitrogens with zero attached hydrogens (tertiary/aromatic N) is 1. The van der Waals surface area contributed by atoms with Gasteiger partial charge in [-0.2, -0.15) is 0 Å². The van der Waals surface area contributed by atoms with Crippen LogP contribution in [0.2, 0.25) is 0 Å². The van der Waals surface area contributed by atoms with Crippen molar-refractivity contribution in [1.82, 2.24) is 4.90 Å². The number of hydrogen-bond donors (Lipinski definition) is 2. The summed E-state index contributed by atoms with van der Waals surface area (Å²) in [6, 6.07) is 5.00. The van der Waals surface area contributed by atoms with Crippen molar-refractivity contribution in [3.8, 4) is 5.75 Å². The van der Waals surface area contributed by atoms with Crippen molar-refractivity contribution >= 4 is 5.91 Å². The summed E-state index contributed by atoms with van der Waals surface area (Å²) < 4.78 is 0. The Hall–Kier alpha value is -1.55. The first-order chi connectivity index (χ1) is 7.08. The maximum absolute atomic E-state index is 11.2. The number of rotatable bonds is 1. The Kier molecular flexibility index (Phi) is 2.36. The number of amides is 1. The van der Waals surface area contributed by atoms with Crippen LogP contribution in [0.1, 0.15) is 11.1 Å². The summed E-state index contributed by atoms with van der Waals surface area (Å²) in [7, 11) is 1.86. The molecule has 0 fully saturated rings. The summed E-state index contributed by atoms with van der Waals surface area (Å²) in [5.41, 5.74) is 7.47. The van der Waals surface area contributed by atoms with Gasteiger partial charge in [0.2, 0.25) is 5.91 Å². The zero-order chi connectivity index (χ0) is 11.0. The van der Waals surface area contributed by atoms with Crippen LogP contribution in [-0.4, -0.2) is 29.0 Å². The summed E-state index contributed by atoms with van der Waals surface area (Å²) in [4.78, 5) is 13.1. The van der Waals surface area contributed by atoms with Gasteiger partial charge in [-0.3, -0.25) is 9.69 Å². The minimum atomic E-state index is -0.295. The minimum absolute atomic E-state index is 0.234. The van der Waals surface area contributed by atoms with Crippen molar-refractivity contribution in [2.45, 2.75) is 19.0 Å². The van der Waals surface area contributed by atoms with Crippen LogP contribution in [0.3, 0.4) is 0 Å². The Morgan fingerprint density at radius 1 is 1.53 bits per heavy atom. The van der Waals surface area contributed by atoms with Gasteiger partial charge in [0.15, 0.2) is 0 Å². The lowest BCUT2D eigenvalue weighted by Crippen LogP contribution is -2.46. The second kappa shape index (κ2) is 3.55. The van der Waals surface area contributed by atoms with E-state index in [-0.39, 0.29) is 17.7 Å². The molecule has 1 atom stereocenters. The molecule has 0 saturated heterocycles. The highest BCUT2D eigenvalue weighted by Crippen LogP contribution is 2.25. The van der Waals surface area contributed by atoms with Crippen molar-refractivity contribution in [2.24, 2.45) is 5.73 Å². The molecule has 0 unspecified atom stereocenters. The first kappa shape index (κ1) is 9.98. The highest BCUT2D eigenvalue weighted by Gasteiger charge is 2.27. The standard InChI is InChI=1S/C11H14N2O2/c1-13-6-8-4-9(14)3-2-7(8)5-10(13)11(12)15/h2-4,10,14H,5-6H2,1H3,(H2,12,15)/t10-/m0/s1. The van der Waals surface area contributed by atoms with E-state index in [4.69, 9.17) is 5.73 Å². The van der Waals surface area contributed by atoms with E-state index in [1.165, 1.54) is 0 Å². The van der Waals surface area contributed by atoms with E-state index in [1.807, 2.05) is 18.0 Å². The third kappa shape index (κ3) is 1.80. The molecule has 80 valence electrons. The summed E-state index contributed by atoms with van der Waals surface area (Å²) in [5, 5.41) is 9.34. The first-order valence-electron chi connectivity index (χ1n) is 4.88. The first-order valence-corrected chi connectivity index (χ1v) is 4.88. The SMILES string of the molecule is CN1Cc2cc(O)ccc2C[C@H]1C(N)=O. The van der Waals surface area contributed by atoms with Crippen LogP contribution >= 0.6 is 0 Å². The Morgan fingerprint density at radius 2 is 2.27 bits per heavy atom. The van der Waals surface area contributed by atoms with E-state index >= 15 is 0 Å². The maximum atomic E-state index is 11.2. The average molecular weight is 206 g/mol. The minimum Gasteiger partial charge on any atom is -0.508 e. The molecular weight excluding hydrogens is 192 g/mol. The van der Waals surface area contributed by atoms with E-state index in [0.717, 1.165) is 11.1 Å². The molecule has 4 heteroatoms. The molecule has 1 aromatic carbocycles. The molecule has 0 aliphatic carbocycles. The van der Waals surface area contributed by atoms with Gasteiger partial charge in [-0.1, -0.05) is 6.07 Å². The van der Waals surface area contributed by atoms with Gasteiger partial charge in [-0.15, -0.1) is 0 Å². The van der Waals surface area contributed by atoms with E-state index < -0.39 is 0 Å². The lowest BCUT2D eigenvalue weighted by atomic mass is 9.94. The van der Waals surface area contributed by atoms with E-state index in [1.54, 1.807) is 12.1 Å². The van der Waals surface area contributed by atoms with Crippen LogP contribution in [0, 0.1) is 0 Å². The monoisotopic (exact) mass is 206 g/mol. The molecule has 1 aliphatic heterocycles. The average Bonchev–Trinajstić information content (AvgIpc) is 2.15. The van der Waals surface area contributed by atoms with Crippen LogP contribution in [0.25, 0.3) is 0 Å². The van der Waals surface area contributed by atoms with Crippen LogP contribution < -0.4 is 5.73 Å². The van der Waals surface area contributed by atoms with Gasteiger partial charge in [0.05, 0.1) is 6.04 Å². The normalized spacial score (nSPS) is 21.0. The van der Waals surface area contributed by atoms with Gasteiger partial charge in [-0.25, -0.2) is 0 Å². The van der Waals surface area contributed by atoms with Gasteiger partial charge in [0, 0.05) is 6.54 Å². The molecule has 0 bridgehead atoms. The summed E-state index contributed by atoms with van der Waals surface area (Å²) in [5.74, 6) is -0.0316. The fraction of sp³-hybridized carbons (Fsp3) is 0.364. The van der Waals surface area contributed by atoms with Crippen molar-refractivity contribution < 1.29 is 9.90 Å². The molecule has 0 saturated carbocycles. The smallest absolute Gasteiger partial charge is 0.235 e. The quantitative estimate of drug-likeness (QED) is 0.691. The molecule has 0 aromatic heterocycles. The highest BCUT2D eigenvalue weighted by atomic mass is 16.3. The number of fused-ring (bicyclic) bond motifs is 1. The van der Waals surface area contributed by atoms with Crippen molar-refractivity contribution in [3.05, 3.63) is 29.3 Å². The molecule has 0 spiro atoms. The maximum Gasteiger partial charge on any atom is 0.235 e. The second-order valence-corrected chi connectivity index (χ2v) is 3.99. The summed E-state index contributed by atoms with van der Waals surface area (Å²) in [6.45, 7) is 0.650. The van der Waals surface area contributed by atoms with E-state index in [2.05, 4.69) is 0 Å². The molecule has 2 rings (SSSR count). The number of carbonyl (C=O) groups excluding carboxylic acids is 1. The zero-order valence-electron chi connectivity index (χ0n) is 8.60. The highest BCUT2D eigenvalue weighted by molar-refractivity contribution is 5.80. The molecule has 1 amide bonds. The fourth-order valence-corrected chi connectivity index (χ4v) is 2.02. The molecule has 15 heavy (non-hydrogen) atoms. The predicted molar refractivity (Wildman–Crippen MR) is 56.3 cm³/mol. The Labute approximate surface area is 88.3 Å². The lowest BCUT2D eigenvalue weighted by Gasteiger charge is -2.31. The number of aromatic hydroxyl groups is 1. The molecule has 1 aromatic rings. The van der Waals surface area contributed by atoms with Crippen molar-refractivity contribution in [3.63, 3.8) is 0 Å². The molecule has 4 nitrogen and oxygen atoms in total. The number of phenolic OH excluding ortho intramolecular Hbond substituents is 1. The Morgan fingerprint density at radius 3 is 2.93 bits per heavy atom. The number of likely N-dealkylation sites (N-methyl/N-ethyl adjacent to an activating group) is 1. The number of phenols is 1. The van der Waals surface area contributed by atoms with Crippen molar-refractivity contribution in [1.29, 1.82) is 0 Å². The van der Waals surface area contributed by atoms with Gasteiger partial charge in [0.25, 0.3) is 0 Å². The largest absolute Gasteiger partial charge is 0.508 e. The number of benzene rings is 1. The van der Waals surface area contributed by atoms with Crippen LogP contribution in [0.5, 0.6) is 5.75 Å². The van der Waals surface area contributed by atoms with Gasteiger partial charge < -0.3 is 10.8 Å². The lowest BCUT2D eigenvalue weighted by molar-refractivity contribution is -0.123. The Bertz CT molecular complexity index is 404. The molecular formula is C11H14N2O2. The summed E-state index contributed by atoms with van der Waals surface area (Å²) >= 11 is 0. The van der Waals surface area contributed by atoms with E-state index in [0.29, 0.717) is 13.0 Å². The summed E-state index contributed by atoms with van der Waals surface area (Å²) in [6.07, 6.45) is 0.626. The van der Waals surface area contributed by atoms with Crippen LogP contribution in [-0.2, 0) is 17.8 Å². The second-order valence-electron chi connectivity index (χ2n) is 3.99. The molecule has 0 radical (unpaired) electrons. The van der Waals surface area contributed by atoms with E-state index in [9.17, 15) is 9.90 Å². The van der Waals surface area contributed by atoms with Gasteiger partial charge >= 0.3 is 0 Å². The number of primary amides is 1. The molecule has 3 N–H and O–H groups in total. The molecule has 1 heterocycles. The number of carbonyl (C=O) groups is 1. The third-order valence-electron chi connectivity index (χ3n) is 2.88. The van der Waals surface area contributed by atoms with Crippen LogP contribution in [0.4, 0.5) is 0 Å². The Balaban J connectivity index is 2.33. The van der Waals surface area contributed by atoms with Crippen molar-refractivity contribution in [2.75, 3.05) is 7.05 Å². The van der Waals surface area contributed by atoms with Gasteiger partial charge in [-0.05, 0) is 36.7 Å². The van der Waals surface area contributed by atoms with Gasteiger partial charge in [0.1, 0.15) is 5.75 Å². The predicted octanol–water partition coefficient (Wildman–Crippen LogP) is 0.234. The van der Waals surface area contributed by atoms with Crippen LogP contribution in [0.15, 0.2) is 18.2 Å². The molecule has 1 aliphatic rings. The third-order valence-corrected chi connectivity index (χ3v) is 2.88.